The molecule has 0 unspecified atom stereocenters. The first-order valence-electron chi connectivity index (χ1n) is 6.63. The zero-order valence-corrected chi connectivity index (χ0v) is 10.0. The monoisotopic (exact) mass is 233 g/mol. The SMILES string of the molecule is c1nnc(NC2CC2)nc1NC1CCCCC1. The average Bonchev–Trinajstić information content (AvgIpc) is 3.15. The van der Waals surface area contributed by atoms with Gasteiger partial charge in [0.1, 0.15) is 0 Å². The summed E-state index contributed by atoms with van der Waals surface area (Å²) in [4.78, 5) is 4.45. The van der Waals surface area contributed by atoms with Crippen LogP contribution in [0.3, 0.4) is 0 Å². The van der Waals surface area contributed by atoms with Crippen molar-refractivity contribution in [3.63, 3.8) is 0 Å². The quantitative estimate of drug-likeness (QED) is 0.834. The largest absolute Gasteiger partial charge is 0.366 e. The molecular weight excluding hydrogens is 214 g/mol. The molecule has 92 valence electrons. The number of hydrogen-bond donors (Lipinski definition) is 2. The van der Waals surface area contributed by atoms with Gasteiger partial charge in [0.05, 0.1) is 6.20 Å². The van der Waals surface area contributed by atoms with Crippen molar-refractivity contribution in [1.82, 2.24) is 15.2 Å². The summed E-state index contributed by atoms with van der Waals surface area (Å²) in [6.07, 6.45) is 10.7. The minimum atomic E-state index is 0.564. The molecule has 17 heavy (non-hydrogen) atoms. The Kier molecular flexibility index (Phi) is 3.07. The predicted molar refractivity (Wildman–Crippen MR) is 67.0 cm³/mol. The summed E-state index contributed by atoms with van der Waals surface area (Å²) in [5.41, 5.74) is 0. The number of hydrogen-bond acceptors (Lipinski definition) is 5. The molecule has 2 saturated carbocycles. The molecule has 0 aromatic carbocycles. The number of nitrogens with one attached hydrogen (secondary N) is 2. The number of aromatic nitrogens is 3. The molecular formula is C12H19N5. The standard InChI is InChI=1S/C12H19N5/c1-2-4-9(5-3-1)14-11-8-13-17-12(16-11)15-10-6-7-10/h8-10H,1-7H2,(H2,14,15,16,17). The highest BCUT2D eigenvalue weighted by Gasteiger charge is 2.22. The molecule has 0 radical (unpaired) electrons. The minimum absolute atomic E-state index is 0.564. The molecule has 5 nitrogen and oxygen atoms in total. The van der Waals surface area contributed by atoms with Crippen LogP contribution < -0.4 is 10.6 Å². The third-order valence-corrected chi connectivity index (χ3v) is 3.43. The van der Waals surface area contributed by atoms with Gasteiger partial charge in [0, 0.05) is 12.1 Å². The minimum Gasteiger partial charge on any atom is -0.366 e. The summed E-state index contributed by atoms with van der Waals surface area (Å²) >= 11 is 0. The predicted octanol–water partition coefficient (Wildman–Crippen LogP) is 2.19. The van der Waals surface area contributed by atoms with Crippen LogP contribution in [0.25, 0.3) is 0 Å². The third kappa shape index (κ3) is 3.05. The lowest BCUT2D eigenvalue weighted by Gasteiger charge is -2.23. The molecule has 2 aliphatic carbocycles. The van der Waals surface area contributed by atoms with Gasteiger partial charge >= 0.3 is 0 Å². The van der Waals surface area contributed by atoms with E-state index in [0.717, 1.165) is 5.82 Å². The zero-order valence-electron chi connectivity index (χ0n) is 10.0. The Morgan fingerprint density at radius 3 is 2.47 bits per heavy atom. The topological polar surface area (TPSA) is 62.7 Å². The molecule has 0 saturated heterocycles. The molecule has 2 N–H and O–H groups in total. The maximum Gasteiger partial charge on any atom is 0.244 e. The van der Waals surface area contributed by atoms with Gasteiger partial charge in [-0.1, -0.05) is 19.3 Å². The molecule has 0 aliphatic heterocycles. The van der Waals surface area contributed by atoms with Crippen molar-refractivity contribution < 1.29 is 0 Å². The smallest absolute Gasteiger partial charge is 0.244 e. The van der Waals surface area contributed by atoms with Crippen LogP contribution in [0.15, 0.2) is 6.20 Å². The maximum absolute atomic E-state index is 4.45. The van der Waals surface area contributed by atoms with E-state index in [9.17, 15) is 0 Å². The first-order valence-corrected chi connectivity index (χ1v) is 6.63. The van der Waals surface area contributed by atoms with Gasteiger partial charge in [0.2, 0.25) is 5.95 Å². The zero-order chi connectivity index (χ0) is 11.5. The van der Waals surface area contributed by atoms with E-state index >= 15 is 0 Å². The Morgan fingerprint density at radius 1 is 0.941 bits per heavy atom. The highest BCUT2D eigenvalue weighted by molar-refractivity contribution is 5.39. The van der Waals surface area contributed by atoms with E-state index in [2.05, 4.69) is 25.8 Å². The fourth-order valence-corrected chi connectivity index (χ4v) is 2.30. The molecule has 1 aromatic heterocycles. The molecule has 2 fully saturated rings. The summed E-state index contributed by atoms with van der Waals surface area (Å²) in [5.74, 6) is 1.52. The van der Waals surface area contributed by atoms with E-state index in [4.69, 9.17) is 0 Å². The fraction of sp³-hybridized carbons (Fsp3) is 0.750. The fourth-order valence-electron chi connectivity index (χ4n) is 2.30. The van der Waals surface area contributed by atoms with Crippen molar-refractivity contribution in [2.75, 3.05) is 10.6 Å². The Bertz CT molecular complexity index is 371. The number of anilines is 2. The van der Waals surface area contributed by atoms with E-state index in [1.807, 2.05) is 0 Å². The van der Waals surface area contributed by atoms with Crippen molar-refractivity contribution in [3.05, 3.63) is 6.20 Å². The highest BCUT2D eigenvalue weighted by atomic mass is 15.3. The summed E-state index contributed by atoms with van der Waals surface area (Å²) in [6, 6.07) is 1.14. The van der Waals surface area contributed by atoms with Crippen LogP contribution in [0.4, 0.5) is 11.8 Å². The number of rotatable bonds is 4. The summed E-state index contributed by atoms with van der Waals surface area (Å²) in [7, 11) is 0. The van der Waals surface area contributed by atoms with Crippen LogP contribution in [-0.2, 0) is 0 Å². The average molecular weight is 233 g/mol. The van der Waals surface area contributed by atoms with Crippen LogP contribution in [0.2, 0.25) is 0 Å². The van der Waals surface area contributed by atoms with Crippen molar-refractivity contribution in [2.45, 2.75) is 57.0 Å². The van der Waals surface area contributed by atoms with Crippen LogP contribution in [0.1, 0.15) is 44.9 Å². The molecule has 1 heterocycles. The molecule has 3 rings (SSSR count). The Hall–Kier alpha value is -1.39. The van der Waals surface area contributed by atoms with E-state index in [0.29, 0.717) is 18.0 Å². The molecule has 5 heteroatoms. The van der Waals surface area contributed by atoms with Gasteiger partial charge in [0.15, 0.2) is 5.82 Å². The Labute approximate surface area is 101 Å². The molecule has 0 spiro atoms. The summed E-state index contributed by atoms with van der Waals surface area (Å²) < 4.78 is 0. The normalized spacial score (nSPS) is 21.2. The first-order chi connectivity index (χ1) is 8.40. The third-order valence-electron chi connectivity index (χ3n) is 3.43. The van der Waals surface area contributed by atoms with Crippen molar-refractivity contribution in [1.29, 1.82) is 0 Å². The highest BCUT2D eigenvalue weighted by Crippen LogP contribution is 2.24. The molecule has 2 aliphatic rings. The van der Waals surface area contributed by atoms with Gasteiger partial charge in [-0.3, -0.25) is 0 Å². The lowest BCUT2D eigenvalue weighted by atomic mass is 9.96. The molecule has 0 atom stereocenters. The van der Waals surface area contributed by atoms with Gasteiger partial charge in [0.25, 0.3) is 0 Å². The van der Waals surface area contributed by atoms with E-state index in [1.165, 1.54) is 44.9 Å². The lowest BCUT2D eigenvalue weighted by Crippen LogP contribution is -2.23. The second kappa shape index (κ2) is 4.85. The van der Waals surface area contributed by atoms with Crippen molar-refractivity contribution in [3.8, 4) is 0 Å². The lowest BCUT2D eigenvalue weighted by molar-refractivity contribution is 0.461. The second-order valence-corrected chi connectivity index (χ2v) is 5.06. The number of nitrogens with zero attached hydrogens (tertiary/aromatic N) is 3. The van der Waals surface area contributed by atoms with Crippen LogP contribution in [0.5, 0.6) is 0 Å². The van der Waals surface area contributed by atoms with E-state index in [1.54, 1.807) is 6.20 Å². The van der Waals surface area contributed by atoms with E-state index < -0.39 is 0 Å². The molecule has 0 amide bonds. The Morgan fingerprint density at radius 2 is 1.71 bits per heavy atom. The second-order valence-electron chi connectivity index (χ2n) is 5.06. The van der Waals surface area contributed by atoms with Gasteiger partial charge in [-0.25, -0.2) is 0 Å². The summed E-state index contributed by atoms with van der Waals surface area (Å²) in [6.45, 7) is 0. The van der Waals surface area contributed by atoms with Crippen LogP contribution in [-0.4, -0.2) is 27.3 Å². The summed E-state index contributed by atoms with van der Waals surface area (Å²) in [5, 5.41) is 14.7. The van der Waals surface area contributed by atoms with Gasteiger partial charge in [-0.05, 0) is 25.7 Å². The maximum atomic E-state index is 4.45. The molecule has 1 aromatic rings. The van der Waals surface area contributed by atoms with Crippen LogP contribution >= 0.6 is 0 Å². The van der Waals surface area contributed by atoms with Gasteiger partial charge < -0.3 is 10.6 Å². The first kappa shape index (κ1) is 10.7. The van der Waals surface area contributed by atoms with Crippen molar-refractivity contribution in [2.24, 2.45) is 0 Å². The van der Waals surface area contributed by atoms with Crippen LogP contribution in [0, 0.1) is 0 Å². The van der Waals surface area contributed by atoms with Crippen molar-refractivity contribution >= 4 is 11.8 Å². The molecule has 0 bridgehead atoms. The Balaban J connectivity index is 1.60. The van der Waals surface area contributed by atoms with Gasteiger partial charge in [-0.15, -0.1) is 5.10 Å². The van der Waals surface area contributed by atoms with E-state index in [-0.39, 0.29) is 0 Å². The van der Waals surface area contributed by atoms with Gasteiger partial charge in [-0.2, -0.15) is 10.1 Å².